The molecule has 2 rings (SSSR count). The number of sulfonamides is 1. The van der Waals surface area contributed by atoms with Crippen LogP contribution >= 0.6 is 22.6 Å². The smallest absolute Gasteiger partial charge is 0.309 e. The summed E-state index contributed by atoms with van der Waals surface area (Å²) in [5.41, 5.74) is 0.966. The van der Waals surface area contributed by atoms with Gasteiger partial charge in [-0.2, -0.15) is 0 Å². The standard InChI is InChI=1S/C16H16INO5S/c1-22-14-7-6-11(9-16(19)23-2)8-15(14)24(20,21)18-13-5-3-4-12(17)10-13/h3-8,10,18H,9H2,1-2H3. The molecule has 0 fully saturated rings. The zero-order valence-electron chi connectivity index (χ0n) is 13.1. The van der Waals surface area contributed by atoms with Gasteiger partial charge in [-0.3, -0.25) is 9.52 Å². The van der Waals surface area contributed by atoms with Gasteiger partial charge in [-0.1, -0.05) is 12.1 Å². The molecule has 0 aliphatic rings. The number of methoxy groups -OCH3 is 2. The molecule has 2 aromatic rings. The summed E-state index contributed by atoms with van der Waals surface area (Å²) < 4.78 is 38.6. The molecule has 24 heavy (non-hydrogen) atoms. The highest BCUT2D eigenvalue weighted by atomic mass is 127. The van der Waals surface area contributed by atoms with Gasteiger partial charge in [-0.25, -0.2) is 8.42 Å². The highest BCUT2D eigenvalue weighted by Crippen LogP contribution is 2.27. The molecular formula is C16H16INO5S. The van der Waals surface area contributed by atoms with Crippen LogP contribution in [0.5, 0.6) is 5.75 Å². The van der Waals surface area contributed by atoms with Crippen molar-refractivity contribution >= 4 is 44.3 Å². The summed E-state index contributed by atoms with van der Waals surface area (Å²) in [4.78, 5) is 11.4. The fourth-order valence-electron chi connectivity index (χ4n) is 2.04. The Labute approximate surface area is 154 Å². The first-order valence-electron chi connectivity index (χ1n) is 6.88. The van der Waals surface area contributed by atoms with Crippen LogP contribution in [-0.2, 0) is 26.0 Å². The molecule has 8 heteroatoms. The van der Waals surface area contributed by atoms with Gasteiger partial charge in [0, 0.05) is 9.26 Å². The first kappa shape index (κ1) is 18.5. The molecule has 0 atom stereocenters. The van der Waals surface area contributed by atoms with Crippen LogP contribution in [0.1, 0.15) is 5.56 Å². The maximum Gasteiger partial charge on any atom is 0.309 e. The topological polar surface area (TPSA) is 81.7 Å². The molecule has 0 heterocycles. The third kappa shape index (κ3) is 4.60. The minimum absolute atomic E-state index is 0.0216. The molecule has 0 radical (unpaired) electrons. The summed E-state index contributed by atoms with van der Waals surface area (Å²) >= 11 is 2.10. The van der Waals surface area contributed by atoms with Crippen molar-refractivity contribution in [1.82, 2.24) is 0 Å². The van der Waals surface area contributed by atoms with E-state index in [1.54, 1.807) is 24.3 Å². The number of hydrogen-bond donors (Lipinski definition) is 1. The van der Waals surface area contributed by atoms with E-state index in [1.165, 1.54) is 26.4 Å². The zero-order chi connectivity index (χ0) is 17.7. The SMILES string of the molecule is COC(=O)Cc1ccc(OC)c(S(=O)(=O)Nc2cccc(I)c2)c1. The van der Waals surface area contributed by atoms with Crippen molar-refractivity contribution in [3.63, 3.8) is 0 Å². The van der Waals surface area contributed by atoms with Gasteiger partial charge in [-0.15, -0.1) is 0 Å². The van der Waals surface area contributed by atoms with Crippen LogP contribution < -0.4 is 9.46 Å². The number of carbonyl (C=O) groups is 1. The molecule has 0 aliphatic heterocycles. The van der Waals surface area contributed by atoms with Gasteiger partial charge in [-0.05, 0) is 58.5 Å². The van der Waals surface area contributed by atoms with Crippen LogP contribution in [0.25, 0.3) is 0 Å². The third-order valence-corrected chi connectivity index (χ3v) is 5.24. The van der Waals surface area contributed by atoms with E-state index in [0.717, 1.165) is 3.57 Å². The van der Waals surface area contributed by atoms with E-state index < -0.39 is 16.0 Å². The molecule has 2 aromatic carbocycles. The van der Waals surface area contributed by atoms with Crippen LogP contribution in [0.2, 0.25) is 0 Å². The molecular weight excluding hydrogens is 445 g/mol. The van der Waals surface area contributed by atoms with Gasteiger partial charge < -0.3 is 9.47 Å². The van der Waals surface area contributed by atoms with Crippen LogP contribution in [0.4, 0.5) is 5.69 Å². The van der Waals surface area contributed by atoms with Crippen LogP contribution in [0.15, 0.2) is 47.4 Å². The van der Waals surface area contributed by atoms with E-state index in [-0.39, 0.29) is 17.1 Å². The number of hydrogen-bond acceptors (Lipinski definition) is 5. The van der Waals surface area contributed by atoms with Gasteiger partial charge in [0.25, 0.3) is 10.0 Å². The second-order valence-corrected chi connectivity index (χ2v) is 7.75. The zero-order valence-corrected chi connectivity index (χ0v) is 16.1. The fourth-order valence-corrected chi connectivity index (χ4v) is 3.86. The molecule has 0 bridgehead atoms. The largest absolute Gasteiger partial charge is 0.495 e. The molecule has 0 amide bonds. The Hall–Kier alpha value is -1.81. The van der Waals surface area contributed by atoms with Crippen molar-refractivity contribution in [3.8, 4) is 5.75 Å². The van der Waals surface area contributed by atoms with Crippen LogP contribution in [-0.4, -0.2) is 28.6 Å². The minimum atomic E-state index is -3.87. The number of esters is 1. The lowest BCUT2D eigenvalue weighted by Gasteiger charge is -2.13. The highest BCUT2D eigenvalue weighted by molar-refractivity contribution is 14.1. The summed E-state index contributed by atoms with van der Waals surface area (Å²) in [7, 11) is -1.20. The predicted molar refractivity (Wildman–Crippen MR) is 98.7 cm³/mol. The summed E-state index contributed by atoms with van der Waals surface area (Å²) in [6.07, 6.45) is -0.0216. The number of rotatable bonds is 6. The maximum absolute atomic E-state index is 12.7. The number of benzene rings is 2. The van der Waals surface area contributed by atoms with Gasteiger partial charge in [0.05, 0.1) is 20.6 Å². The summed E-state index contributed by atoms with van der Waals surface area (Å²) in [6, 6.07) is 11.5. The second kappa shape index (κ2) is 7.84. The molecule has 0 saturated heterocycles. The lowest BCUT2D eigenvalue weighted by atomic mass is 10.1. The Balaban J connectivity index is 2.40. The molecule has 1 N–H and O–H groups in total. The molecule has 0 aromatic heterocycles. The van der Waals surface area contributed by atoms with Crippen molar-refractivity contribution in [2.45, 2.75) is 11.3 Å². The first-order chi connectivity index (χ1) is 11.4. The second-order valence-electron chi connectivity index (χ2n) is 4.85. The Morgan fingerprint density at radius 1 is 1.17 bits per heavy atom. The normalized spacial score (nSPS) is 11.0. The summed E-state index contributed by atoms with van der Waals surface area (Å²) in [5, 5.41) is 0. The van der Waals surface area contributed by atoms with Gasteiger partial charge in [0.1, 0.15) is 10.6 Å². The monoisotopic (exact) mass is 461 g/mol. The highest BCUT2D eigenvalue weighted by Gasteiger charge is 2.21. The van der Waals surface area contributed by atoms with Crippen LogP contribution in [0.3, 0.4) is 0 Å². The third-order valence-electron chi connectivity index (χ3n) is 3.17. The quantitative estimate of drug-likeness (QED) is 0.529. The van der Waals surface area contributed by atoms with E-state index in [0.29, 0.717) is 11.3 Å². The van der Waals surface area contributed by atoms with E-state index in [1.807, 2.05) is 6.07 Å². The van der Waals surface area contributed by atoms with E-state index in [2.05, 4.69) is 32.0 Å². The van der Waals surface area contributed by atoms with E-state index >= 15 is 0 Å². The minimum Gasteiger partial charge on any atom is -0.495 e. The Morgan fingerprint density at radius 3 is 2.54 bits per heavy atom. The van der Waals surface area contributed by atoms with E-state index in [4.69, 9.17) is 4.74 Å². The van der Waals surface area contributed by atoms with Crippen molar-refractivity contribution in [2.24, 2.45) is 0 Å². The first-order valence-corrected chi connectivity index (χ1v) is 9.44. The van der Waals surface area contributed by atoms with Crippen molar-refractivity contribution in [3.05, 3.63) is 51.6 Å². The molecule has 0 aliphatic carbocycles. The van der Waals surface area contributed by atoms with Gasteiger partial charge >= 0.3 is 5.97 Å². The summed E-state index contributed by atoms with van der Waals surface area (Å²) in [6.45, 7) is 0. The number of halogens is 1. The van der Waals surface area contributed by atoms with Crippen molar-refractivity contribution in [2.75, 3.05) is 18.9 Å². The Bertz CT molecular complexity index is 851. The predicted octanol–water partition coefficient (Wildman–Crippen LogP) is 2.82. The lowest BCUT2D eigenvalue weighted by Crippen LogP contribution is -2.15. The fraction of sp³-hybridized carbons (Fsp3) is 0.188. The Kier molecular flexibility index (Phi) is 6.05. The molecule has 128 valence electrons. The molecule has 0 saturated carbocycles. The van der Waals surface area contributed by atoms with Crippen molar-refractivity contribution in [1.29, 1.82) is 0 Å². The molecule has 0 unspecified atom stereocenters. The maximum atomic E-state index is 12.7. The number of carbonyl (C=O) groups excluding carboxylic acids is 1. The van der Waals surface area contributed by atoms with Crippen molar-refractivity contribution < 1.29 is 22.7 Å². The number of nitrogens with one attached hydrogen (secondary N) is 1. The Morgan fingerprint density at radius 2 is 1.92 bits per heavy atom. The van der Waals surface area contributed by atoms with Gasteiger partial charge in [0.2, 0.25) is 0 Å². The molecule has 6 nitrogen and oxygen atoms in total. The van der Waals surface area contributed by atoms with Gasteiger partial charge in [0.15, 0.2) is 0 Å². The average molecular weight is 461 g/mol. The summed E-state index contributed by atoms with van der Waals surface area (Å²) in [5.74, 6) is -0.254. The number of anilines is 1. The lowest BCUT2D eigenvalue weighted by molar-refractivity contribution is -0.139. The van der Waals surface area contributed by atoms with Crippen LogP contribution in [0, 0.1) is 3.57 Å². The number of ether oxygens (including phenoxy) is 2. The average Bonchev–Trinajstić information content (AvgIpc) is 2.54. The molecule has 0 spiro atoms. The van der Waals surface area contributed by atoms with E-state index in [9.17, 15) is 13.2 Å².